The van der Waals surface area contributed by atoms with Gasteiger partial charge in [0.1, 0.15) is 0 Å². The van der Waals surface area contributed by atoms with E-state index in [2.05, 4.69) is 36.6 Å². The van der Waals surface area contributed by atoms with Crippen LogP contribution >= 0.6 is 0 Å². The maximum atomic E-state index is 5.89. The van der Waals surface area contributed by atoms with Crippen LogP contribution in [0, 0.1) is 5.92 Å². The van der Waals surface area contributed by atoms with Crippen LogP contribution in [-0.4, -0.2) is 28.5 Å². The molecule has 0 spiro atoms. The lowest BCUT2D eigenvalue weighted by Gasteiger charge is -2.26. The highest BCUT2D eigenvalue weighted by molar-refractivity contribution is 5.04. The molecule has 2 rings (SSSR count). The molecule has 1 heterocycles. The molecule has 0 aromatic carbocycles. The molecule has 5 nitrogen and oxygen atoms in total. The molecule has 1 aromatic heterocycles. The van der Waals surface area contributed by atoms with Gasteiger partial charge in [0.15, 0.2) is 0 Å². The van der Waals surface area contributed by atoms with Gasteiger partial charge in [-0.1, -0.05) is 6.92 Å². The number of hydrogen-bond acceptors (Lipinski definition) is 4. The van der Waals surface area contributed by atoms with Gasteiger partial charge < -0.3 is 4.74 Å². The first-order chi connectivity index (χ1) is 9.69. The second kappa shape index (κ2) is 7.20. The zero-order chi connectivity index (χ0) is 14.5. The fourth-order valence-corrected chi connectivity index (χ4v) is 2.61. The van der Waals surface area contributed by atoms with Crippen molar-refractivity contribution < 1.29 is 4.74 Å². The Kier molecular flexibility index (Phi) is 5.57. The Hall–Kier alpha value is -0.910. The Bertz CT molecular complexity index is 402. The second-order valence-electron chi connectivity index (χ2n) is 5.78. The van der Waals surface area contributed by atoms with Crippen molar-refractivity contribution in [2.75, 3.05) is 6.61 Å². The number of nitrogens with zero attached hydrogens (tertiary/aromatic N) is 2. The van der Waals surface area contributed by atoms with Crippen molar-refractivity contribution in [2.24, 2.45) is 11.8 Å². The molecule has 0 aliphatic heterocycles. The number of nitrogens with one attached hydrogen (secondary N) is 1. The maximum Gasteiger partial charge on any atom is 0.0773 e. The van der Waals surface area contributed by atoms with E-state index in [1.165, 1.54) is 12.8 Å². The molecule has 0 bridgehead atoms. The van der Waals surface area contributed by atoms with Crippen molar-refractivity contribution in [3.63, 3.8) is 0 Å². The van der Waals surface area contributed by atoms with Crippen molar-refractivity contribution in [3.05, 3.63) is 18.0 Å². The summed E-state index contributed by atoms with van der Waals surface area (Å²) >= 11 is 0. The van der Waals surface area contributed by atoms with Gasteiger partial charge in [-0.05, 0) is 45.1 Å². The molecule has 3 unspecified atom stereocenters. The molecule has 20 heavy (non-hydrogen) atoms. The van der Waals surface area contributed by atoms with Gasteiger partial charge in [-0.15, -0.1) is 0 Å². The standard InChI is InChI=1S/C15H28N4O/c1-4-11(3)19-9-8-13(18-19)10-14(17-16)15(20-5-2)12-6-7-12/h8-9,11-12,14-15,17H,4-7,10,16H2,1-3H3. The molecule has 0 radical (unpaired) electrons. The van der Waals surface area contributed by atoms with Crippen LogP contribution in [0.4, 0.5) is 0 Å². The zero-order valence-electron chi connectivity index (χ0n) is 12.9. The smallest absolute Gasteiger partial charge is 0.0773 e. The fraction of sp³-hybridized carbons (Fsp3) is 0.800. The molecule has 3 N–H and O–H groups in total. The van der Waals surface area contributed by atoms with Crippen LogP contribution in [-0.2, 0) is 11.2 Å². The summed E-state index contributed by atoms with van der Waals surface area (Å²) in [4.78, 5) is 0. The third-order valence-electron chi connectivity index (χ3n) is 4.19. The van der Waals surface area contributed by atoms with Crippen molar-refractivity contribution in [1.82, 2.24) is 15.2 Å². The van der Waals surface area contributed by atoms with Gasteiger partial charge in [-0.25, -0.2) is 0 Å². The minimum absolute atomic E-state index is 0.141. The van der Waals surface area contributed by atoms with Crippen LogP contribution in [0.3, 0.4) is 0 Å². The largest absolute Gasteiger partial charge is 0.377 e. The molecule has 0 amide bonds. The summed E-state index contributed by atoms with van der Waals surface area (Å²) < 4.78 is 7.93. The molecule has 1 aromatic rings. The minimum atomic E-state index is 0.141. The third-order valence-corrected chi connectivity index (χ3v) is 4.19. The molecule has 114 valence electrons. The number of rotatable bonds is 9. The van der Waals surface area contributed by atoms with E-state index in [-0.39, 0.29) is 12.1 Å². The number of ether oxygens (including phenoxy) is 1. The number of hydrazine groups is 1. The first kappa shape index (κ1) is 15.5. The molecule has 5 heteroatoms. The topological polar surface area (TPSA) is 65.1 Å². The summed E-state index contributed by atoms with van der Waals surface area (Å²) in [5, 5.41) is 4.66. The molecular formula is C15H28N4O. The lowest BCUT2D eigenvalue weighted by molar-refractivity contribution is 0.0189. The zero-order valence-corrected chi connectivity index (χ0v) is 12.9. The Balaban J connectivity index is 1.99. The van der Waals surface area contributed by atoms with E-state index in [9.17, 15) is 0 Å². The van der Waals surface area contributed by atoms with Gasteiger partial charge in [0.05, 0.1) is 17.8 Å². The summed E-state index contributed by atoms with van der Waals surface area (Å²) in [7, 11) is 0. The molecule has 1 saturated carbocycles. The third kappa shape index (κ3) is 3.81. The van der Waals surface area contributed by atoms with Crippen LogP contribution in [0.5, 0.6) is 0 Å². The van der Waals surface area contributed by atoms with Gasteiger partial charge in [0.25, 0.3) is 0 Å². The van der Waals surface area contributed by atoms with Crippen molar-refractivity contribution in [2.45, 2.75) is 64.6 Å². The van der Waals surface area contributed by atoms with E-state index in [1.807, 2.05) is 11.6 Å². The van der Waals surface area contributed by atoms with Crippen LogP contribution in [0.15, 0.2) is 12.3 Å². The normalized spacial score (nSPS) is 19.8. The molecule has 1 aliphatic carbocycles. The van der Waals surface area contributed by atoms with E-state index in [4.69, 9.17) is 10.6 Å². The predicted octanol–water partition coefficient (Wildman–Crippen LogP) is 2.04. The molecular weight excluding hydrogens is 252 g/mol. The molecule has 1 aliphatic rings. The van der Waals surface area contributed by atoms with E-state index >= 15 is 0 Å². The van der Waals surface area contributed by atoms with E-state index in [0.717, 1.165) is 25.1 Å². The maximum absolute atomic E-state index is 5.89. The van der Waals surface area contributed by atoms with E-state index < -0.39 is 0 Å². The quantitative estimate of drug-likeness (QED) is 0.537. The van der Waals surface area contributed by atoms with Crippen LogP contribution in [0.2, 0.25) is 0 Å². The van der Waals surface area contributed by atoms with Gasteiger partial charge in [0.2, 0.25) is 0 Å². The Morgan fingerprint density at radius 1 is 1.50 bits per heavy atom. The predicted molar refractivity (Wildman–Crippen MR) is 80.2 cm³/mol. The monoisotopic (exact) mass is 280 g/mol. The highest BCUT2D eigenvalue weighted by Crippen LogP contribution is 2.36. The highest BCUT2D eigenvalue weighted by Gasteiger charge is 2.37. The van der Waals surface area contributed by atoms with E-state index in [0.29, 0.717) is 12.0 Å². The average Bonchev–Trinajstić information content (AvgIpc) is 3.20. The summed E-state index contributed by atoms with van der Waals surface area (Å²) in [6.07, 6.45) is 6.68. The van der Waals surface area contributed by atoms with Gasteiger partial charge in [-0.2, -0.15) is 5.10 Å². The first-order valence-electron chi connectivity index (χ1n) is 7.81. The number of nitrogens with two attached hydrogens (primary N) is 1. The van der Waals surface area contributed by atoms with Crippen molar-refractivity contribution >= 4 is 0 Å². The first-order valence-corrected chi connectivity index (χ1v) is 7.81. The second-order valence-corrected chi connectivity index (χ2v) is 5.78. The summed E-state index contributed by atoms with van der Waals surface area (Å²) in [6, 6.07) is 2.67. The van der Waals surface area contributed by atoms with Gasteiger partial charge >= 0.3 is 0 Å². The Morgan fingerprint density at radius 2 is 2.25 bits per heavy atom. The summed E-state index contributed by atoms with van der Waals surface area (Å²) in [6.45, 7) is 7.14. The number of aromatic nitrogens is 2. The van der Waals surface area contributed by atoms with Crippen molar-refractivity contribution in [3.8, 4) is 0 Å². The van der Waals surface area contributed by atoms with Crippen LogP contribution in [0.25, 0.3) is 0 Å². The highest BCUT2D eigenvalue weighted by atomic mass is 16.5. The molecule has 3 atom stereocenters. The average molecular weight is 280 g/mol. The van der Waals surface area contributed by atoms with Crippen molar-refractivity contribution in [1.29, 1.82) is 0 Å². The van der Waals surface area contributed by atoms with Gasteiger partial charge in [0, 0.05) is 25.3 Å². The number of hydrogen-bond donors (Lipinski definition) is 2. The fourth-order valence-electron chi connectivity index (χ4n) is 2.61. The van der Waals surface area contributed by atoms with E-state index in [1.54, 1.807) is 0 Å². The van der Waals surface area contributed by atoms with Crippen LogP contribution in [0.1, 0.15) is 51.8 Å². The summed E-state index contributed by atoms with van der Waals surface area (Å²) in [5.74, 6) is 6.41. The molecule has 0 saturated heterocycles. The summed E-state index contributed by atoms with van der Waals surface area (Å²) in [5.41, 5.74) is 4.02. The lowest BCUT2D eigenvalue weighted by atomic mass is 10.0. The van der Waals surface area contributed by atoms with Crippen LogP contribution < -0.4 is 11.3 Å². The Labute approximate surface area is 121 Å². The lowest BCUT2D eigenvalue weighted by Crippen LogP contribution is -2.47. The van der Waals surface area contributed by atoms with Gasteiger partial charge in [-0.3, -0.25) is 16.0 Å². The SMILES string of the molecule is CCOC(C1CC1)C(Cc1ccn(C(C)CC)n1)NN. The minimum Gasteiger partial charge on any atom is -0.377 e. The Morgan fingerprint density at radius 3 is 2.80 bits per heavy atom. The molecule has 1 fully saturated rings.